The predicted octanol–water partition coefficient (Wildman–Crippen LogP) is 3.76. The van der Waals surface area contributed by atoms with Gasteiger partial charge in [-0.15, -0.1) is 24.0 Å². The highest BCUT2D eigenvalue weighted by Gasteiger charge is 2.19. The molecule has 5 nitrogen and oxygen atoms in total. The molecule has 1 atom stereocenters. The summed E-state index contributed by atoms with van der Waals surface area (Å²) in [6, 6.07) is 7.97. The molecule has 0 aliphatic carbocycles. The fourth-order valence-electron chi connectivity index (χ4n) is 3.06. The van der Waals surface area contributed by atoms with Gasteiger partial charge in [-0.2, -0.15) is 0 Å². The van der Waals surface area contributed by atoms with E-state index in [4.69, 9.17) is 16.3 Å². The second-order valence-electron chi connectivity index (χ2n) is 6.60. The van der Waals surface area contributed by atoms with Gasteiger partial charge in [0.15, 0.2) is 5.96 Å². The van der Waals surface area contributed by atoms with Crippen LogP contribution in [0.3, 0.4) is 0 Å². The fraction of sp³-hybridized carbons (Fsp3) is 0.632. The third kappa shape index (κ3) is 8.31. The second kappa shape index (κ2) is 12.6. The van der Waals surface area contributed by atoms with Gasteiger partial charge in [0.2, 0.25) is 0 Å². The number of rotatable bonds is 7. The van der Waals surface area contributed by atoms with Crippen LogP contribution in [-0.4, -0.2) is 56.2 Å². The van der Waals surface area contributed by atoms with Gasteiger partial charge in [0.05, 0.1) is 6.54 Å². The lowest BCUT2D eigenvalue weighted by Gasteiger charge is -2.33. The highest BCUT2D eigenvalue weighted by molar-refractivity contribution is 14.0. The van der Waals surface area contributed by atoms with Gasteiger partial charge in [0.25, 0.3) is 0 Å². The monoisotopic (exact) mass is 494 g/mol. The van der Waals surface area contributed by atoms with Crippen molar-refractivity contribution in [3.63, 3.8) is 0 Å². The predicted molar refractivity (Wildman–Crippen MR) is 121 cm³/mol. The Hall–Kier alpha value is -0.730. The number of piperidine rings is 1. The lowest BCUT2D eigenvalue weighted by atomic mass is 10.1. The maximum Gasteiger partial charge on any atom is 0.191 e. The third-order valence-electron chi connectivity index (χ3n) is 4.38. The SMILES string of the molecule is CCCN1CCC(NC(=NC)NCC(C)Oc2cccc(Cl)c2)CC1.I. The normalized spacial score (nSPS) is 17.3. The van der Waals surface area contributed by atoms with E-state index in [1.165, 1.54) is 13.0 Å². The summed E-state index contributed by atoms with van der Waals surface area (Å²) in [4.78, 5) is 6.87. The highest BCUT2D eigenvalue weighted by Crippen LogP contribution is 2.18. The number of ether oxygens (including phenoxy) is 1. The van der Waals surface area contributed by atoms with Crippen molar-refractivity contribution < 1.29 is 4.74 Å². The lowest BCUT2D eigenvalue weighted by molar-refractivity contribution is 0.205. The number of hydrogen-bond donors (Lipinski definition) is 2. The molecule has 0 saturated carbocycles. The number of nitrogens with one attached hydrogen (secondary N) is 2. The maximum atomic E-state index is 5.99. The van der Waals surface area contributed by atoms with Crippen molar-refractivity contribution in [3.8, 4) is 5.75 Å². The Bertz CT molecular complexity index is 550. The number of hydrogen-bond acceptors (Lipinski definition) is 3. The average Bonchev–Trinajstić information content (AvgIpc) is 2.60. The van der Waals surface area contributed by atoms with Gasteiger partial charge in [-0.3, -0.25) is 4.99 Å². The molecule has 1 aliphatic heterocycles. The summed E-state index contributed by atoms with van der Waals surface area (Å²) < 4.78 is 5.88. The smallest absolute Gasteiger partial charge is 0.191 e. The van der Waals surface area contributed by atoms with Crippen molar-refractivity contribution in [1.29, 1.82) is 0 Å². The van der Waals surface area contributed by atoms with Gasteiger partial charge in [-0.25, -0.2) is 0 Å². The molecule has 1 aromatic rings. The minimum absolute atomic E-state index is 0. The summed E-state index contributed by atoms with van der Waals surface area (Å²) in [6.07, 6.45) is 3.57. The molecule has 1 aromatic carbocycles. The van der Waals surface area contributed by atoms with Crippen LogP contribution in [0.4, 0.5) is 0 Å². The van der Waals surface area contributed by atoms with E-state index in [0.29, 0.717) is 17.6 Å². The van der Waals surface area contributed by atoms with Crippen LogP contribution in [0.15, 0.2) is 29.3 Å². The molecule has 2 rings (SSSR count). The average molecular weight is 495 g/mol. The molecule has 0 amide bonds. The molecule has 1 unspecified atom stereocenters. The molecular weight excluding hydrogens is 463 g/mol. The standard InChI is InChI=1S/C19H31ClN4O.HI/c1-4-10-24-11-8-17(9-12-24)23-19(21-3)22-14-15(2)25-18-7-5-6-16(20)13-18;/h5-7,13,15,17H,4,8-12,14H2,1-3H3,(H2,21,22,23);1H. The van der Waals surface area contributed by atoms with E-state index in [9.17, 15) is 0 Å². The Morgan fingerprint density at radius 1 is 1.38 bits per heavy atom. The first-order valence-corrected chi connectivity index (χ1v) is 9.60. The molecule has 1 heterocycles. The summed E-state index contributed by atoms with van der Waals surface area (Å²) in [7, 11) is 1.81. The van der Waals surface area contributed by atoms with Crippen LogP contribution < -0.4 is 15.4 Å². The van der Waals surface area contributed by atoms with Crippen LogP contribution in [0.2, 0.25) is 5.02 Å². The highest BCUT2D eigenvalue weighted by atomic mass is 127. The van der Waals surface area contributed by atoms with Gasteiger partial charge in [0, 0.05) is 31.2 Å². The van der Waals surface area contributed by atoms with E-state index >= 15 is 0 Å². The number of halogens is 2. The van der Waals surface area contributed by atoms with Crippen molar-refractivity contribution in [2.45, 2.75) is 45.3 Å². The summed E-state index contributed by atoms with van der Waals surface area (Å²) in [5.74, 6) is 1.63. The second-order valence-corrected chi connectivity index (χ2v) is 7.04. The molecule has 2 N–H and O–H groups in total. The van der Waals surface area contributed by atoms with Gasteiger partial charge in [-0.05, 0) is 50.9 Å². The van der Waals surface area contributed by atoms with E-state index in [1.807, 2.05) is 38.2 Å². The largest absolute Gasteiger partial charge is 0.489 e. The number of guanidine groups is 1. The Balaban J connectivity index is 0.00000338. The van der Waals surface area contributed by atoms with Crippen molar-refractivity contribution in [3.05, 3.63) is 29.3 Å². The summed E-state index contributed by atoms with van der Waals surface area (Å²) in [5, 5.41) is 7.57. The van der Waals surface area contributed by atoms with Crippen molar-refractivity contribution >= 4 is 41.5 Å². The molecule has 1 saturated heterocycles. The number of likely N-dealkylation sites (tertiary alicyclic amines) is 1. The van der Waals surface area contributed by atoms with Crippen LogP contribution in [0.5, 0.6) is 5.75 Å². The van der Waals surface area contributed by atoms with Crippen LogP contribution in [-0.2, 0) is 0 Å². The summed E-state index contributed by atoms with van der Waals surface area (Å²) >= 11 is 5.99. The Morgan fingerprint density at radius 3 is 2.73 bits per heavy atom. The molecule has 1 fully saturated rings. The van der Waals surface area contributed by atoms with Gasteiger partial charge >= 0.3 is 0 Å². The third-order valence-corrected chi connectivity index (χ3v) is 4.62. The topological polar surface area (TPSA) is 48.9 Å². The van der Waals surface area contributed by atoms with Crippen molar-refractivity contribution in [2.24, 2.45) is 4.99 Å². The molecular formula is C19H32ClIN4O. The molecule has 0 spiro atoms. The first-order valence-electron chi connectivity index (χ1n) is 9.22. The van der Waals surface area contributed by atoms with E-state index < -0.39 is 0 Å². The lowest BCUT2D eigenvalue weighted by Crippen LogP contribution is -2.50. The fourth-order valence-corrected chi connectivity index (χ4v) is 3.24. The first-order chi connectivity index (χ1) is 12.1. The summed E-state index contributed by atoms with van der Waals surface area (Å²) in [5.41, 5.74) is 0. The van der Waals surface area contributed by atoms with Gasteiger partial charge in [-0.1, -0.05) is 24.6 Å². The van der Waals surface area contributed by atoms with Crippen LogP contribution in [0.25, 0.3) is 0 Å². The van der Waals surface area contributed by atoms with Crippen molar-refractivity contribution in [1.82, 2.24) is 15.5 Å². The quantitative estimate of drug-likeness (QED) is 0.344. The zero-order valence-electron chi connectivity index (χ0n) is 16.0. The first kappa shape index (κ1) is 23.3. The van der Waals surface area contributed by atoms with Crippen molar-refractivity contribution in [2.75, 3.05) is 33.2 Å². The van der Waals surface area contributed by atoms with Crippen LogP contribution >= 0.6 is 35.6 Å². The van der Waals surface area contributed by atoms with E-state index in [-0.39, 0.29) is 30.1 Å². The Kier molecular flexibility index (Phi) is 11.3. The van der Waals surface area contributed by atoms with E-state index in [1.54, 1.807) is 0 Å². The van der Waals surface area contributed by atoms with Gasteiger partial charge < -0.3 is 20.3 Å². The Morgan fingerprint density at radius 2 is 2.12 bits per heavy atom. The van der Waals surface area contributed by atoms with E-state index in [0.717, 1.165) is 37.6 Å². The molecule has 0 aromatic heterocycles. The van der Waals surface area contributed by atoms with Crippen LogP contribution in [0, 0.1) is 0 Å². The summed E-state index contributed by atoms with van der Waals surface area (Å²) in [6.45, 7) is 8.49. The molecule has 1 aliphatic rings. The minimum Gasteiger partial charge on any atom is -0.489 e. The maximum absolute atomic E-state index is 5.99. The Labute approximate surface area is 179 Å². The van der Waals surface area contributed by atoms with Crippen LogP contribution in [0.1, 0.15) is 33.1 Å². The zero-order valence-corrected chi connectivity index (χ0v) is 19.1. The zero-order chi connectivity index (χ0) is 18.1. The molecule has 0 radical (unpaired) electrons. The number of benzene rings is 1. The molecule has 0 bridgehead atoms. The molecule has 7 heteroatoms. The molecule has 26 heavy (non-hydrogen) atoms. The van der Waals surface area contributed by atoms with E-state index in [2.05, 4.69) is 27.4 Å². The minimum atomic E-state index is 0. The number of aliphatic imine (C=N–C) groups is 1. The molecule has 148 valence electrons. The number of nitrogens with zero attached hydrogens (tertiary/aromatic N) is 2. The van der Waals surface area contributed by atoms with Gasteiger partial charge in [0.1, 0.15) is 11.9 Å².